The van der Waals surface area contributed by atoms with Gasteiger partial charge < -0.3 is 10.6 Å². The SMILES string of the molecule is CCCCC[C@@H](C)NC(=O)CN1C(=O)N[C@](C)(c2ccc(Cl)cc2Cl)C1=O. The summed E-state index contributed by atoms with van der Waals surface area (Å²) in [5.74, 6) is -0.889. The van der Waals surface area contributed by atoms with Crippen LogP contribution in [0, 0.1) is 0 Å². The molecule has 0 bridgehead atoms. The number of urea groups is 1. The smallest absolute Gasteiger partial charge is 0.325 e. The maximum atomic E-state index is 12.9. The molecule has 0 spiro atoms. The summed E-state index contributed by atoms with van der Waals surface area (Å²) in [6.07, 6.45) is 4.09. The number of halogens is 2. The number of carbonyl (C=O) groups is 3. The summed E-state index contributed by atoms with van der Waals surface area (Å²) in [7, 11) is 0. The van der Waals surface area contributed by atoms with Gasteiger partial charge in [-0.25, -0.2) is 4.79 Å². The molecule has 1 fully saturated rings. The van der Waals surface area contributed by atoms with Gasteiger partial charge >= 0.3 is 6.03 Å². The van der Waals surface area contributed by atoms with Gasteiger partial charge in [0.25, 0.3) is 5.91 Å². The van der Waals surface area contributed by atoms with E-state index >= 15 is 0 Å². The van der Waals surface area contributed by atoms with Gasteiger partial charge in [-0.2, -0.15) is 0 Å². The van der Waals surface area contributed by atoms with E-state index in [0.717, 1.165) is 30.6 Å². The van der Waals surface area contributed by atoms with Crippen molar-refractivity contribution in [3.8, 4) is 0 Å². The summed E-state index contributed by atoms with van der Waals surface area (Å²) < 4.78 is 0. The van der Waals surface area contributed by atoms with Gasteiger partial charge in [-0.3, -0.25) is 14.5 Å². The lowest BCUT2D eigenvalue weighted by Crippen LogP contribution is -2.45. The first-order valence-corrected chi connectivity index (χ1v) is 9.83. The summed E-state index contributed by atoms with van der Waals surface area (Å²) in [5, 5.41) is 6.17. The van der Waals surface area contributed by atoms with E-state index in [1.165, 1.54) is 6.07 Å². The molecule has 27 heavy (non-hydrogen) atoms. The molecule has 0 unspecified atom stereocenters. The van der Waals surface area contributed by atoms with Gasteiger partial charge in [0.15, 0.2) is 0 Å². The molecule has 6 nitrogen and oxygen atoms in total. The van der Waals surface area contributed by atoms with Crippen LogP contribution in [-0.4, -0.2) is 35.3 Å². The Kier molecular flexibility index (Phi) is 7.12. The van der Waals surface area contributed by atoms with Crippen molar-refractivity contribution in [1.82, 2.24) is 15.5 Å². The van der Waals surface area contributed by atoms with Gasteiger partial charge in [-0.15, -0.1) is 0 Å². The fourth-order valence-corrected chi connectivity index (χ4v) is 3.75. The number of hydrogen-bond acceptors (Lipinski definition) is 3. The Morgan fingerprint density at radius 3 is 2.63 bits per heavy atom. The largest absolute Gasteiger partial charge is 0.352 e. The Bertz CT molecular complexity index is 741. The molecule has 1 aromatic carbocycles. The maximum absolute atomic E-state index is 12.9. The molecule has 0 aromatic heterocycles. The third kappa shape index (κ3) is 4.93. The first-order chi connectivity index (χ1) is 12.7. The van der Waals surface area contributed by atoms with Gasteiger partial charge in [-0.1, -0.05) is 55.5 Å². The second-order valence-electron chi connectivity index (χ2n) is 7.03. The van der Waals surface area contributed by atoms with E-state index in [2.05, 4.69) is 17.6 Å². The fraction of sp³-hybridized carbons (Fsp3) is 0.526. The van der Waals surface area contributed by atoms with Crippen LogP contribution in [0.5, 0.6) is 0 Å². The number of benzene rings is 1. The molecule has 2 N–H and O–H groups in total. The number of unbranched alkanes of at least 4 members (excludes halogenated alkanes) is 2. The average Bonchev–Trinajstić information content (AvgIpc) is 2.79. The lowest BCUT2D eigenvalue weighted by molar-refractivity contribution is -0.135. The van der Waals surface area contributed by atoms with E-state index in [1.807, 2.05) is 6.92 Å². The summed E-state index contributed by atoms with van der Waals surface area (Å²) >= 11 is 12.1. The van der Waals surface area contributed by atoms with E-state index in [0.29, 0.717) is 10.6 Å². The minimum absolute atomic E-state index is 0.0121. The Balaban J connectivity index is 2.06. The third-order valence-corrected chi connectivity index (χ3v) is 5.24. The topological polar surface area (TPSA) is 78.5 Å². The lowest BCUT2D eigenvalue weighted by atomic mass is 9.92. The highest BCUT2D eigenvalue weighted by atomic mass is 35.5. The van der Waals surface area contributed by atoms with Crippen LogP contribution in [0.3, 0.4) is 0 Å². The zero-order valence-corrected chi connectivity index (χ0v) is 17.3. The van der Waals surface area contributed by atoms with Crippen LogP contribution in [0.25, 0.3) is 0 Å². The monoisotopic (exact) mass is 413 g/mol. The summed E-state index contributed by atoms with van der Waals surface area (Å²) in [6, 6.07) is 4.07. The summed E-state index contributed by atoms with van der Waals surface area (Å²) in [4.78, 5) is 38.4. The molecule has 0 radical (unpaired) electrons. The van der Waals surface area contributed by atoms with Crippen LogP contribution < -0.4 is 10.6 Å². The second kappa shape index (κ2) is 8.93. The van der Waals surface area contributed by atoms with E-state index in [4.69, 9.17) is 23.2 Å². The van der Waals surface area contributed by atoms with Crippen molar-refractivity contribution in [2.24, 2.45) is 0 Å². The van der Waals surface area contributed by atoms with E-state index in [1.54, 1.807) is 19.1 Å². The Morgan fingerprint density at radius 1 is 1.30 bits per heavy atom. The number of rotatable bonds is 8. The number of carbonyl (C=O) groups excluding carboxylic acids is 3. The predicted octanol–water partition coefficient (Wildman–Crippen LogP) is 3.85. The molecule has 148 valence electrons. The number of nitrogens with zero attached hydrogens (tertiary/aromatic N) is 1. The zero-order valence-electron chi connectivity index (χ0n) is 15.8. The van der Waals surface area contributed by atoms with E-state index in [-0.39, 0.29) is 23.5 Å². The number of imide groups is 1. The Labute approximate surface area is 169 Å². The van der Waals surface area contributed by atoms with Crippen molar-refractivity contribution in [2.45, 2.75) is 58.0 Å². The lowest BCUT2D eigenvalue weighted by Gasteiger charge is -2.23. The molecule has 1 aliphatic heterocycles. The molecule has 1 aliphatic rings. The summed E-state index contributed by atoms with van der Waals surface area (Å²) in [6.45, 7) is 5.26. The minimum Gasteiger partial charge on any atom is -0.352 e. The van der Waals surface area contributed by atoms with Crippen LogP contribution in [0.1, 0.15) is 52.0 Å². The van der Waals surface area contributed by atoms with Gasteiger partial charge in [0, 0.05) is 21.7 Å². The van der Waals surface area contributed by atoms with E-state index in [9.17, 15) is 14.4 Å². The van der Waals surface area contributed by atoms with E-state index < -0.39 is 17.5 Å². The molecule has 8 heteroatoms. The Hall–Kier alpha value is -1.79. The standard InChI is InChI=1S/C19H25Cl2N3O3/c1-4-5-6-7-12(2)22-16(25)11-24-17(26)19(3,23-18(24)27)14-9-8-13(20)10-15(14)21/h8-10,12H,4-7,11H2,1-3H3,(H,22,25)(H,23,27)/t12-,19-/m1/s1. The van der Waals surface area contributed by atoms with Crippen LogP contribution in [0.4, 0.5) is 4.79 Å². The van der Waals surface area contributed by atoms with Crippen molar-refractivity contribution in [2.75, 3.05) is 6.54 Å². The molecule has 1 heterocycles. The molecule has 2 atom stereocenters. The van der Waals surface area contributed by atoms with Crippen molar-refractivity contribution >= 4 is 41.0 Å². The summed E-state index contributed by atoms with van der Waals surface area (Å²) in [5.41, 5.74) is -0.908. The normalized spacial score (nSPS) is 20.6. The number of amides is 4. The molecular formula is C19H25Cl2N3O3. The second-order valence-corrected chi connectivity index (χ2v) is 7.88. The highest BCUT2D eigenvalue weighted by Crippen LogP contribution is 2.34. The molecule has 1 saturated heterocycles. The first kappa shape index (κ1) is 21.5. The maximum Gasteiger partial charge on any atom is 0.325 e. The van der Waals surface area contributed by atoms with Crippen molar-refractivity contribution < 1.29 is 14.4 Å². The van der Waals surface area contributed by atoms with Crippen molar-refractivity contribution in [1.29, 1.82) is 0 Å². The molecular weight excluding hydrogens is 389 g/mol. The molecule has 1 aromatic rings. The highest BCUT2D eigenvalue weighted by molar-refractivity contribution is 6.35. The molecule has 0 saturated carbocycles. The van der Waals surface area contributed by atoms with Crippen molar-refractivity contribution in [3.05, 3.63) is 33.8 Å². The zero-order chi connectivity index (χ0) is 20.2. The van der Waals surface area contributed by atoms with Gasteiger partial charge in [-0.05, 0) is 32.4 Å². The van der Waals surface area contributed by atoms with Gasteiger partial charge in [0.2, 0.25) is 5.91 Å². The predicted molar refractivity (Wildman–Crippen MR) is 106 cm³/mol. The van der Waals surface area contributed by atoms with Gasteiger partial charge in [0.1, 0.15) is 12.1 Å². The van der Waals surface area contributed by atoms with Crippen LogP contribution in [0.2, 0.25) is 10.0 Å². The average molecular weight is 414 g/mol. The van der Waals surface area contributed by atoms with Gasteiger partial charge in [0.05, 0.1) is 0 Å². The van der Waals surface area contributed by atoms with Crippen LogP contribution in [-0.2, 0) is 15.1 Å². The first-order valence-electron chi connectivity index (χ1n) is 9.08. The molecule has 0 aliphatic carbocycles. The minimum atomic E-state index is -1.34. The highest BCUT2D eigenvalue weighted by Gasteiger charge is 2.50. The number of nitrogens with one attached hydrogen (secondary N) is 2. The van der Waals surface area contributed by atoms with Crippen molar-refractivity contribution in [3.63, 3.8) is 0 Å². The quantitative estimate of drug-likeness (QED) is 0.501. The number of hydrogen-bond donors (Lipinski definition) is 2. The third-order valence-electron chi connectivity index (χ3n) is 4.69. The van der Waals surface area contributed by atoms with Crippen LogP contribution in [0.15, 0.2) is 18.2 Å². The fourth-order valence-electron chi connectivity index (χ4n) is 3.15. The van der Waals surface area contributed by atoms with Crippen LogP contribution >= 0.6 is 23.2 Å². The Morgan fingerprint density at radius 2 is 2.00 bits per heavy atom. The molecule has 4 amide bonds. The molecule has 2 rings (SSSR count).